The van der Waals surface area contributed by atoms with Crippen LogP contribution in [0.5, 0.6) is 0 Å². The SMILES string of the molecule is CO/N=C(/C(=O)OC)c1cccc(C)c1CO/N=C(\C)c1ccccc1C(F)(F)F. The van der Waals surface area contributed by atoms with Crippen molar-refractivity contribution in [3.05, 3.63) is 70.3 Å². The predicted octanol–water partition coefficient (Wildman–Crippen LogP) is 4.48. The average molecular weight is 422 g/mol. The molecule has 0 fully saturated rings. The molecular weight excluding hydrogens is 401 g/mol. The summed E-state index contributed by atoms with van der Waals surface area (Å²) in [6.07, 6.45) is -4.51. The van der Waals surface area contributed by atoms with Crippen molar-refractivity contribution in [1.82, 2.24) is 0 Å². The number of hydrogen-bond acceptors (Lipinski definition) is 6. The Morgan fingerprint density at radius 1 is 1.00 bits per heavy atom. The molecule has 0 radical (unpaired) electrons. The highest BCUT2D eigenvalue weighted by molar-refractivity contribution is 6.43. The first kappa shape index (κ1) is 22.9. The topological polar surface area (TPSA) is 69.5 Å². The molecule has 0 aliphatic carbocycles. The van der Waals surface area contributed by atoms with Gasteiger partial charge >= 0.3 is 12.1 Å². The molecule has 30 heavy (non-hydrogen) atoms. The quantitative estimate of drug-likeness (QED) is 0.375. The summed E-state index contributed by atoms with van der Waals surface area (Å²) in [6.45, 7) is 3.11. The minimum atomic E-state index is -4.51. The van der Waals surface area contributed by atoms with Gasteiger partial charge in [0.1, 0.15) is 13.7 Å². The van der Waals surface area contributed by atoms with E-state index in [1.807, 2.05) is 0 Å². The number of carbonyl (C=O) groups excluding carboxylic acids is 1. The number of nitrogens with zero attached hydrogens (tertiary/aromatic N) is 2. The highest BCUT2D eigenvalue weighted by Gasteiger charge is 2.33. The maximum absolute atomic E-state index is 13.2. The number of oxime groups is 2. The van der Waals surface area contributed by atoms with Crippen LogP contribution < -0.4 is 0 Å². The Bertz CT molecular complexity index is 969. The van der Waals surface area contributed by atoms with Crippen LogP contribution in [-0.2, 0) is 32.0 Å². The van der Waals surface area contributed by atoms with Crippen molar-refractivity contribution in [3.63, 3.8) is 0 Å². The van der Waals surface area contributed by atoms with Crippen molar-refractivity contribution in [1.29, 1.82) is 0 Å². The predicted molar refractivity (Wildman–Crippen MR) is 105 cm³/mol. The fourth-order valence-electron chi connectivity index (χ4n) is 2.79. The maximum Gasteiger partial charge on any atom is 0.417 e. The number of halogens is 3. The summed E-state index contributed by atoms with van der Waals surface area (Å²) in [5, 5.41) is 7.57. The van der Waals surface area contributed by atoms with Gasteiger partial charge in [0.15, 0.2) is 5.71 Å². The van der Waals surface area contributed by atoms with E-state index in [0.717, 1.165) is 11.6 Å². The molecule has 0 bridgehead atoms. The zero-order valence-electron chi connectivity index (χ0n) is 16.9. The number of ether oxygens (including phenoxy) is 1. The van der Waals surface area contributed by atoms with Crippen LogP contribution in [0, 0.1) is 6.92 Å². The lowest BCUT2D eigenvalue weighted by atomic mass is 9.99. The molecule has 0 saturated heterocycles. The van der Waals surface area contributed by atoms with Gasteiger partial charge in [0.2, 0.25) is 0 Å². The van der Waals surface area contributed by atoms with Crippen LogP contribution >= 0.6 is 0 Å². The van der Waals surface area contributed by atoms with Gasteiger partial charge in [-0.25, -0.2) is 4.79 Å². The summed E-state index contributed by atoms with van der Waals surface area (Å²) < 4.78 is 44.4. The van der Waals surface area contributed by atoms with Crippen LogP contribution in [0.1, 0.15) is 34.7 Å². The summed E-state index contributed by atoms with van der Waals surface area (Å²) in [4.78, 5) is 22.1. The van der Waals surface area contributed by atoms with Gasteiger partial charge in [0.25, 0.3) is 0 Å². The van der Waals surface area contributed by atoms with Gasteiger partial charge < -0.3 is 14.4 Å². The summed E-state index contributed by atoms with van der Waals surface area (Å²) in [5.74, 6) is -0.706. The van der Waals surface area contributed by atoms with Crippen LogP contribution in [0.15, 0.2) is 52.8 Å². The van der Waals surface area contributed by atoms with E-state index in [1.54, 1.807) is 25.1 Å². The fraction of sp³-hybridized carbons (Fsp3) is 0.286. The largest absolute Gasteiger partial charge is 0.464 e. The Morgan fingerprint density at radius 2 is 1.67 bits per heavy atom. The van der Waals surface area contributed by atoms with E-state index in [0.29, 0.717) is 11.1 Å². The van der Waals surface area contributed by atoms with Gasteiger partial charge in [0, 0.05) is 16.7 Å². The molecular formula is C21H21F3N2O4. The number of alkyl halides is 3. The number of benzene rings is 2. The number of carbonyl (C=O) groups is 1. The summed E-state index contributed by atoms with van der Waals surface area (Å²) in [6, 6.07) is 10.3. The van der Waals surface area contributed by atoms with E-state index >= 15 is 0 Å². The van der Waals surface area contributed by atoms with E-state index in [9.17, 15) is 18.0 Å². The monoisotopic (exact) mass is 422 g/mol. The van der Waals surface area contributed by atoms with E-state index in [-0.39, 0.29) is 23.6 Å². The molecule has 0 aliphatic rings. The van der Waals surface area contributed by atoms with Gasteiger partial charge in [-0.1, -0.05) is 46.7 Å². The number of hydrogen-bond donors (Lipinski definition) is 0. The van der Waals surface area contributed by atoms with Crippen molar-refractivity contribution < 1.29 is 32.4 Å². The molecule has 0 spiro atoms. The number of methoxy groups -OCH3 is 1. The summed E-state index contributed by atoms with van der Waals surface area (Å²) in [7, 11) is 2.51. The van der Waals surface area contributed by atoms with E-state index in [1.165, 1.54) is 39.3 Å². The summed E-state index contributed by atoms with van der Waals surface area (Å²) >= 11 is 0. The van der Waals surface area contributed by atoms with Gasteiger partial charge in [0.05, 0.1) is 18.4 Å². The minimum Gasteiger partial charge on any atom is -0.464 e. The molecule has 2 aromatic rings. The normalized spacial score (nSPS) is 12.5. The lowest BCUT2D eigenvalue weighted by Crippen LogP contribution is -2.20. The standard InChI is InChI=1S/C21H21F3N2O4/c1-13-8-7-10-16(19(26-29-4)20(27)28-3)17(13)12-30-25-14(2)15-9-5-6-11-18(15)21(22,23)24/h5-11H,12H2,1-4H3/b25-14+,26-19+. The molecule has 2 rings (SSSR count). The first-order chi connectivity index (χ1) is 14.2. The third kappa shape index (κ3) is 5.37. The second kappa shape index (κ2) is 9.91. The van der Waals surface area contributed by atoms with Crippen molar-refractivity contribution >= 4 is 17.4 Å². The molecule has 0 saturated carbocycles. The molecule has 0 N–H and O–H groups in total. The van der Waals surface area contributed by atoms with Gasteiger partial charge in [-0.3, -0.25) is 0 Å². The Hall–Kier alpha value is -3.36. The van der Waals surface area contributed by atoms with E-state index in [2.05, 4.69) is 10.3 Å². The highest BCUT2D eigenvalue weighted by atomic mass is 19.4. The molecule has 0 heterocycles. The number of aryl methyl sites for hydroxylation is 1. The van der Waals surface area contributed by atoms with Gasteiger partial charge in [-0.15, -0.1) is 0 Å². The van der Waals surface area contributed by atoms with Crippen molar-refractivity contribution in [3.8, 4) is 0 Å². The Balaban J connectivity index is 2.33. The first-order valence-corrected chi connectivity index (χ1v) is 8.82. The zero-order chi connectivity index (χ0) is 22.3. The van der Waals surface area contributed by atoms with Crippen LogP contribution in [-0.4, -0.2) is 31.6 Å². The molecule has 0 unspecified atom stereocenters. The van der Waals surface area contributed by atoms with Crippen LogP contribution in [0.3, 0.4) is 0 Å². The smallest absolute Gasteiger partial charge is 0.417 e. The summed E-state index contributed by atoms with van der Waals surface area (Å²) in [5.41, 5.74) is 0.871. The Morgan fingerprint density at radius 3 is 2.30 bits per heavy atom. The molecule has 2 aromatic carbocycles. The van der Waals surface area contributed by atoms with Crippen LogP contribution in [0.25, 0.3) is 0 Å². The van der Waals surface area contributed by atoms with Gasteiger partial charge in [-0.2, -0.15) is 13.2 Å². The van der Waals surface area contributed by atoms with Crippen molar-refractivity contribution in [2.45, 2.75) is 26.6 Å². The second-order valence-corrected chi connectivity index (χ2v) is 6.21. The van der Waals surface area contributed by atoms with E-state index in [4.69, 9.17) is 14.4 Å². The molecule has 0 amide bonds. The lowest BCUT2D eigenvalue weighted by Gasteiger charge is -2.14. The average Bonchev–Trinajstić information content (AvgIpc) is 2.72. The third-order valence-corrected chi connectivity index (χ3v) is 4.26. The molecule has 9 heteroatoms. The minimum absolute atomic E-state index is 0.0644. The van der Waals surface area contributed by atoms with E-state index < -0.39 is 17.7 Å². The van der Waals surface area contributed by atoms with Crippen molar-refractivity contribution in [2.75, 3.05) is 14.2 Å². The molecule has 6 nitrogen and oxygen atoms in total. The van der Waals surface area contributed by atoms with Crippen LogP contribution in [0.4, 0.5) is 13.2 Å². The zero-order valence-corrected chi connectivity index (χ0v) is 16.9. The third-order valence-electron chi connectivity index (χ3n) is 4.26. The molecule has 0 aromatic heterocycles. The van der Waals surface area contributed by atoms with Crippen molar-refractivity contribution in [2.24, 2.45) is 10.3 Å². The lowest BCUT2D eigenvalue weighted by molar-refractivity contribution is -0.137. The second-order valence-electron chi connectivity index (χ2n) is 6.21. The Kier molecular flexibility index (Phi) is 7.57. The molecule has 160 valence electrons. The first-order valence-electron chi connectivity index (χ1n) is 8.82. The van der Waals surface area contributed by atoms with Crippen LogP contribution in [0.2, 0.25) is 0 Å². The maximum atomic E-state index is 13.2. The number of rotatable bonds is 7. The fourth-order valence-corrected chi connectivity index (χ4v) is 2.79. The Labute approximate surface area is 171 Å². The molecule has 0 atom stereocenters. The molecule has 0 aliphatic heterocycles. The number of esters is 1. The highest BCUT2D eigenvalue weighted by Crippen LogP contribution is 2.32. The van der Waals surface area contributed by atoms with Gasteiger partial charge in [-0.05, 0) is 25.5 Å².